The van der Waals surface area contributed by atoms with Crippen LogP contribution in [0.5, 0.6) is 0 Å². The Kier molecular flexibility index (Phi) is 3.42. The van der Waals surface area contributed by atoms with Crippen molar-refractivity contribution in [1.82, 2.24) is 4.90 Å². The molecule has 2 rings (SSSR count). The highest BCUT2D eigenvalue weighted by Gasteiger charge is 2.28. The summed E-state index contributed by atoms with van der Waals surface area (Å²) in [5.74, 6) is 0.757. The summed E-state index contributed by atoms with van der Waals surface area (Å²) in [4.78, 5) is 2.62. The van der Waals surface area contributed by atoms with Gasteiger partial charge in [0, 0.05) is 12.6 Å². The van der Waals surface area contributed by atoms with Crippen LogP contribution in [0, 0.1) is 0 Å². The fraction of sp³-hybridized carbons (Fsp3) is 0.571. The van der Waals surface area contributed by atoms with Crippen molar-refractivity contribution in [2.75, 3.05) is 13.1 Å². The van der Waals surface area contributed by atoms with Gasteiger partial charge in [-0.2, -0.15) is 0 Å². The molecule has 1 aliphatic rings. The van der Waals surface area contributed by atoms with Crippen molar-refractivity contribution < 1.29 is 0 Å². The van der Waals surface area contributed by atoms with Crippen LogP contribution in [-0.2, 0) is 0 Å². The number of hydrogen-bond acceptors (Lipinski definition) is 1. The Hall–Kier alpha value is -0.820. The van der Waals surface area contributed by atoms with Gasteiger partial charge in [-0.25, -0.2) is 0 Å². The molecule has 1 fully saturated rings. The summed E-state index contributed by atoms with van der Waals surface area (Å²) < 4.78 is 0. The van der Waals surface area contributed by atoms with Crippen LogP contribution >= 0.6 is 0 Å². The zero-order chi connectivity index (χ0) is 10.7. The van der Waals surface area contributed by atoms with Gasteiger partial charge in [-0.15, -0.1) is 0 Å². The van der Waals surface area contributed by atoms with E-state index >= 15 is 0 Å². The molecule has 0 aromatic heterocycles. The van der Waals surface area contributed by atoms with Crippen molar-refractivity contribution in [2.45, 2.75) is 38.6 Å². The second-order valence-corrected chi connectivity index (χ2v) is 4.69. The largest absolute Gasteiger partial charge is 0.300 e. The summed E-state index contributed by atoms with van der Waals surface area (Å²) in [7, 11) is 0. The Balaban J connectivity index is 2.03. The van der Waals surface area contributed by atoms with Crippen molar-refractivity contribution in [3.05, 3.63) is 35.9 Å². The predicted molar refractivity (Wildman–Crippen MR) is 65.1 cm³/mol. The summed E-state index contributed by atoms with van der Waals surface area (Å²) in [6.45, 7) is 7.13. The Labute approximate surface area is 93.1 Å². The van der Waals surface area contributed by atoms with E-state index in [4.69, 9.17) is 0 Å². The molecule has 1 aromatic carbocycles. The SMILES string of the molecule is CCCN1C[C@H](c2ccccc2)C[C@H]1C. The van der Waals surface area contributed by atoms with Crippen molar-refractivity contribution >= 4 is 0 Å². The average molecular weight is 203 g/mol. The topological polar surface area (TPSA) is 3.24 Å². The summed E-state index contributed by atoms with van der Waals surface area (Å²) in [6, 6.07) is 11.7. The lowest BCUT2D eigenvalue weighted by molar-refractivity contribution is 0.268. The van der Waals surface area contributed by atoms with Crippen molar-refractivity contribution in [1.29, 1.82) is 0 Å². The first-order valence-electron chi connectivity index (χ1n) is 6.10. The molecule has 1 nitrogen and oxygen atoms in total. The van der Waals surface area contributed by atoms with Gasteiger partial charge < -0.3 is 4.90 Å². The Morgan fingerprint density at radius 1 is 1.27 bits per heavy atom. The molecule has 0 radical (unpaired) electrons. The quantitative estimate of drug-likeness (QED) is 0.728. The number of hydrogen-bond donors (Lipinski definition) is 0. The second-order valence-electron chi connectivity index (χ2n) is 4.69. The van der Waals surface area contributed by atoms with Gasteiger partial charge in [0.2, 0.25) is 0 Å². The predicted octanol–water partition coefficient (Wildman–Crippen LogP) is 3.27. The van der Waals surface area contributed by atoms with Crippen LogP contribution in [0.15, 0.2) is 30.3 Å². The third-order valence-corrected chi connectivity index (χ3v) is 3.49. The van der Waals surface area contributed by atoms with Gasteiger partial charge in [-0.05, 0) is 37.8 Å². The van der Waals surface area contributed by atoms with Gasteiger partial charge >= 0.3 is 0 Å². The number of nitrogens with zero attached hydrogens (tertiary/aromatic N) is 1. The van der Waals surface area contributed by atoms with Gasteiger partial charge in [0.05, 0.1) is 0 Å². The molecule has 1 heteroatoms. The van der Waals surface area contributed by atoms with Crippen LogP contribution in [0.2, 0.25) is 0 Å². The summed E-state index contributed by atoms with van der Waals surface area (Å²) >= 11 is 0. The van der Waals surface area contributed by atoms with E-state index in [-0.39, 0.29) is 0 Å². The van der Waals surface area contributed by atoms with E-state index in [0.717, 1.165) is 12.0 Å². The highest BCUT2D eigenvalue weighted by atomic mass is 15.2. The van der Waals surface area contributed by atoms with Crippen molar-refractivity contribution in [3.8, 4) is 0 Å². The average Bonchev–Trinajstić information content (AvgIpc) is 2.63. The highest BCUT2D eigenvalue weighted by molar-refractivity contribution is 5.21. The lowest BCUT2D eigenvalue weighted by Crippen LogP contribution is -2.27. The van der Waals surface area contributed by atoms with Gasteiger partial charge in [0.1, 0.15) is 0 Å². The Morgan fingerprint density at radius 2 is 2.00 bits per heavy atom. The van der Waals surface area contributed by atoms with Crippen molar-refractivity contribution in [3.63, 3.8) is 0 Å². The van der Waals surface area contributed by atoms with E-state index in [1.807, 2.05) is 0 Å². The molecule has 1 saturated heterocycles. The normalized spacial score (nSPS) is 27.1. The molecule has 0 N–H and O–H groups in total. The van der Waals surface area contributed by atoms with Crippen molar-refractivity contribution in [2.24, 2.45) is 0 Å². The number of benzene rings is 1. The number of likely N-dealkylation sites (tertiary alicyclic amines) is 1. The van der Waals surface area contributed by atoms with E-state index < -0.39 is 0 Å². The van der Waals surface area contributed by atoms with Crippen LogP contribution in [0.3, 0.4) is 0 Å². The molecule has 0 unspecified atom stereocenters. The highest BCUT2D eigenvalue weighted by Crippen LogP contribution is 2.31. The molecule has 0 amide bonds. The van der Waals surface area contributed by atoms with Gasteiger partial charge in [0.25, 0.3) is 0 Å². The lowest BCUT2D eigenvalue weighted by Gasteiger charge is -2.19. The van der Waals surface area contributed by atoms with Gasteiger partial charge in [-0.1, -0.05) is 37.3 Å². The first-order chi connectivity index (χ1) is 7.31. The molecule has 15 heavy (non-hydrogen) atoms. The second kappa shape index (κ2) is 4.80. The minimum absolute atomic E-state index is 0.757. The standard InChI is InChI=1S/C14H21N/c1-3-9-15-11-14(10-12(15)2)13-7-5-4-6-8-13/h4-8,12,14H,3,9-11H2,1-2H3/t12-,14-/m1/s1. The minimum Gasteiger partial charge on any atom is -0.300 e. The van der Waals surface area contributed by atoms with E-state index in [9.17, 15) is 0 Å². The smallest absolute Gasteiger partial charge is 0.00734 e. The first kappa shape index (κ1) is 10.7. The summed E-state index contributed by atoms with van der Waals surface area (Å²) in [5, 5.41) is 0. The molecule has 1 aromatic rings. The monoisotopic (exact) mass is 203 g/mol. The lowest BCUT2D eigenvalue weighted by atomic mass is 9.97. The molecule has 0 bridgehead atoms. The molecular formula is C14H21N. The maximum absolute atomic E-state index is 2.62. The fourth-order valence-corrected chi connectivity index (χ4v) is 2.66. The molecule has 1 aliphatic heterocycles. The zero-order valence-corrected chi connectivity index (χ0v) is 9.82. The maximum atomic E-state index is 2.62. The number of rotatable bonds is 3. The molecule has 82 valence electrons. The van der Waals surface area contributed by atoms with Gasteiger partial charge in [-0.3, -0.25) is 0 Å². The third kappa shape index (κ3) is 2.40. The van der Waals surface area contributed by atoms with Crippen LogP contribution in [-0.4, -0.2) is 24.0 Å². The summed E-state index contributed by atoms with van der Waals surface area (Å²) in [6.07, 6.45) is 2.59. The molecule has 0 spiro atoms. The molecule has 2 atom stereocenters. The van der Waals surface area contributed by atoms with E-state index in [0.29, 0.717) is 0 Å². The molecule has 0 saturated carbocycles. The van der Waals surface area contributed by atoms with E-state index in [1.54, 1.807) is 0 Å². The maximum Gasteiger partial charge on any atom is 0.00734 e. The van der Waals surface area contributed by atoms with E-state index in [2.05, 4.69) is 49.1 Å². The van der Waals surface area contributed by atoms with Crippen LogP contribution in [0.25, 0.3) is 0 Å². The van der Waals surface area contributed by atoms with Crippen LogP contribution in [0.4, 0.5) is 0 Å². The molecular weight excluding hydrogens is 182 g/mol. The Bertz CT molecular complexity index is 293. The fourth-order valence-electron chi connectivity index (χ4n) is 2.66. The molecule has 1 heterocycles. The minimum atomic E-state index is 0.757. The van der Waals surface area contributed by atoms with E-state index in [1.165, 1.54) is 31.5 Å². The Morgan fingerprint density at radius 3 is 2.67 bits per heavy atom. The zero-order valence-electron chi connectivity index (χ0n) is 9.82. The van der Waals surface area contributed by atoms with Crippen LogP contribution < -0.4 is 0 Å². The molecule has 0 aliphatic carbocycles. The van der Waals surface area contributed by atoms with Gasteiger partial charge in [0.15, 0.2) is 0 Å². The summed E-state index contributed by atoms with van der Waals surface area (Å²) in [5.41, 5.74) is 1.52. The third-order valence-electron chi connectivity index (χ3n) is 3.49. The van der Waals surface area contributed by atoms with Crippen LogP contribution in [0.1, 0.15) is 38.2 Å². The first-order valence-corrected chi connectivity index (χ1v) is 6.10.